The maximum atomic E-state index is 9.85. The molecule has 0 spiro atoms. The van der Waals surface area contributed by atoms with Crippen LogP contribution in [0.4, 0.5) is 0 Å². The lowest BCUT2D eigenvalue weighted by Gasteiger charge is -2.31. The highest BCUT2D eigenvalue weighted by molar-refractivity contribution is 14.1. The monoisotopic (exact) mass is 376 g/mol. The minimum atomic E-state index is -0.561. The lowest BCUT2D eigenvalue weighted by Crippen LogP contribution is -2.33. The highest BCUT2D eigenvalue weighted by Gasteiger charge is 2.34. The molecule has 3 heteroatoms. The summed E-state index contributed by atoms with van der Waals surface area (Å²) in [5.74, 6) is 3.24. The molecule has 1 aliphatic rings. The Hall–Kier alpha value is 0.980. The van der Waals surface area contributed by atoms with Gasteiger partial charge >= 0.3 is 0 Å². The van der Waals surface area contributed by atoms with E-state index in [0.717, 1.165) is 19.3 Å². The van der Waals surface area contributed by atoms with Crippen molar-refractivity contribution in [3.63, 3.8) is 0 Å². The molecule has 0 radical (unpaired) electrons. The molecule has 1 rings (SSSR count). The molecular weight excluding hydrogens is 366 g/mol. The number of halogens is 2. The number of alkyl halides is 1. The molecule has 1 saturated carbocycles. The molecule has 0 heterocycles. The minimum Gasteiger partial charge on any atom is -0.378 e. The molecule has 1 N–H and O–H groups in total. The van der Waals surface area contributed by atoms with Crippen LogP contribution in [0, 0.1) is 15.8 Å². The largest absolute Gasteiger partial charge is 0.378 e. The van der Waals surface area contributed by atoms with Gasteiger partial charge in [-0.1, -0.05) is 12.3 Å². The maximum Gasteiger partial charge on any atom is 0.129 e. The second-order valence-electron chi connectivity index (χ2n) is 2.86. The third-order valence-electron chi connectivity index (χ3n) is 2.03. The van der Waals surface area contributed by atoms with Crippen molar-refractivity contribution in [3.8, 4) is 9.85 Å². The Bertz CT molecular complexity index is 190. The van der Waals surface area contributed by atoms with E-state index in [2.05, 4.69) is 32.4 Å². The molecule has 0 amide bonds. The number of rotatable bonds is 0. The molecule has 1 nitrogen and oxygen atoms in total. The molecule has 1 fully saturated rings. The molecule has 0 aromatic heterocycles. The van der Waals surface area contributed by atoms with Crippen LogP contribution in [0.15, 0.2) is 0 Å². The van der Waals surface area contributed by atoms with Crippen LogP contribution in [0.2, 0.25) is 0 Å². The van der Waals surface area contributed by atoms with Gasteiger partial charge < -0.3 is 5.11 Å². The first-order chi connectivity index (χ1) is 5.17. The lowest BCUT2D eigenvalue weighted by molar-refractivity contribution is 0.0796. The van der Waals surface area contributed by atoms with E-state index in [1.165, 1.54) is 6.42 Å². The van der Waals surface area contributed by atoms with Crippen molar-refractivity contribution in [3.05, 3.63) is 0 Å². The highest BCUT2D eigenvalue weighted by atomic mass is 127. The second-order valence-corrected chi connectivity index (χ2v) is 5.26. The normalized spacial score (nSPS) is 37.5. The number of aliphatic hydroxyl groups is 1. The van der Waals surface area contributed by atoms with Crippen molar-refractivity contribution in [1.29, 1.82) is 0 Å². The van der Waals surface area contributed by atoms with Gasteiger partial charge in [-0.15, -0.1) is 0 Å². The molecule has 0 bridgehead atoms. The summed E-state index contributed by atoms with van der Waals surface area (Å²) in [6, 6.07) is 0. The van der Waals surface area contributed by atoms with Crippen LogP contribution in [0.5, 0.6) is 0 Å². The summed E-state index contributed by atoms with van der Waals surface area (Å²) in [5.41, 5.74) is 0. The van der Waals surface area contributed by atoms with Gasteiger partial charge in [-0.05, 0) is 45.8 Å². The van der Waals surface area contributed by atoms with Gasteiger partial charge in [-0.25, -0.2) is 0 Å². The average Bonchev–Trinajstić information content (AvgIpc) is 1.94. The van der Waals surface area contributed by atoms with Crippen molar-refractivity contribution >= 4 is 45.2 Å². The zero-order valence-corrected chi connectivity index (χ0v) is 10.4. The fourth-order valence-electron chi connectivity index (χ4n) is 1.37. The topological polar surface area (TPSA) is 20.2 Å². The van der Waals surface area contributed by atoms with Crippen LogP contribution in [0.3, 0.4) is 0 Å². The van der Waals surface area contributed by atoms with Gasteiger partial charge in [0.25, 0.3) is 0 Å². The predicted molar refractivity (Wildman–Crippen MR) is 62.7 cm³/mol. The Morgan fingerprint density at radius 1 is 1.45 bits per heavy atom. The number of hydrogen-bond acceptors (Lipinski definition) is 1. The van der Waals surface area contributed by atoms with Crippen molar-refractivity contribution in [1.82, 2.24) is 0 Å². The molecule has 11 heavy (non-hydrogen) atoms. The van der Waals surface area contributed by atoms with Gasteiger partial charge in [-0.3, -0.25) is 0 Å². The molecule has 2 atom stereocenters. The smallest absolute Gasteiger partial charge is 0.129 e. The fraction of sp³-hybridized carbons (Fsp3) is 0.750. The Morgan fingerprint density at radius 2 is 2.18 bits per heavy atom. The summed E-state index contributed by atoms with van der Waals surface area (Å²) in [6.07, 6.45) is 4.29. The van der Waals surface area contributed by atoms with Gasteiger partial charge in [0.15, 0.2) is 0 Å². The maximum absolute atomic E-state index is 9.85. The molecule has 0 aromatic carbocycles. The van der Waals surface area contributed by atoms with Crippen LogP contribution >= 0.6 is 45.2 Å². The zero-order chi connectivity index (χ0) is 8.32. The first-order valence-electron chi connectivity index (χ1n) is 3.69. The van der Waals surface area contributed by atoms with Gasteiger partial charge in [0.05, 0.1) is 5.92 Å². The van der Waals surface area contributed by atoms with E-state index in [1.54, 1.807) is 0 Å². The molecule has 0 aliphatic heterocycles. The highest BCUT2D eigenvalue weighted by Crippen LogP contribution is 2.38. The minimum absolute atomic E-state index is 0.189. The predicted octanol–water partition coefficient (Wildman–Crippen LogP) is 2.70. The molecule has 0 aromatic rings. The summed E-state index contributed by atoms with van der Waals surface area (Å²) in [4.78, 5) is 0. The summed E-state index contributed by atoms with van der Waals surface area (Å²) in [5, 5.41) is 9.85. The summed E-state index contributed by atoms with van der Waals surface area (Å²) in [7, 11) is 0. The summed E-state index contributed by atoms with van der Waals surface area (Å²) >= 11 is 4.16. The Kier molecular flexibility index (Phi) is 3.92. The zero-order valence-electron chi connectivity index (χ0n) is 6.11. The number of hydrogen-bond donors (Lipinski definition) is 1. The van der Waals surface area contributed by atoms with E-state index in [-0.39, 0.29) is 5.92 Å². The first kappa shape index (κ1) is 10.1. The van der Waals surface area contributed by atoms with Crippen LogP contribution in [-0.2, 0) is 0 Å². The summed E-state index contributed by atoms with van der Waals surface area (Å²) in [6.45, 7) is 0. The van der Waals surface area contributed by atoms with E-state index < -0.39 is 3.61 Å². The van der Waals surface area contributed by atoms with E-state index in [1.807, 2.05) is 22.6 Å². The first-order valence-corrected chi connectivity index (χ1v) is 5.85. The Balaban J connectivity index is 2.64. The molecule has 1 aliphatic carbocycles. The van der Waals surface area contributed by atoms with E-state index in [4.69, 9.17) is 0 Å². The quantitative estimate of drug-likeness (QED) is 0.392. The van der Waals surface area contributed by atoms with Crippen molar-refractivity contribution in [2.75, 3.05) is 0 Å². The Labute approximate surface area is 94.6 Å². The molecular formula is C8H10I2O. The molecule has 0 saturated heterocycles. The third-order valence-corrected chi connectivity index (χ3v) is 3.64. The van der Waals surface area contributed by atoms with Gasteiger partial charge in [0.1, 0.15) is 3.61 Å². The van der Waals surface area contributed by atoms with Gasteiger partial charge in [-0.2, -0.15) is 0 Å². The van der Waals surface area contributed by atoms with Crippen molar-refractivity contribution in [2.24, 2.45) is 5.92 Å². The van der Waals surface area contributed by atoms with Crippen LogP contribution in [0.1, 0.15) is 25.7 Å². The SMILES string of the molecule is OC1(I)CCCCC1C#CI. The lowest BCUT2D eigenvalue weighted by atomic mass is 9.87. The second kappa shape index (κ2) is 4.28. The third kappa shape index (κ3) is 2.74. The van der Waals surface area contributed by atoms with Gasteiger partial charge in [0.2, 0.25) is 0 Å². The summed E-state index contributed by atoms with van der Waals surface area (Å²) < 4.78 is 2.29. The molecule has 2 unspecified atom stereocenters. The van der Waals surface area contributed by atoms with Crippen LogP contribution < -0.4 is 0 Å². The average molecular weight is 376 g/mol. The Morgan fingerprint density at radius 3 is 2.73 bits per heavy atom. The van der Waals surface area contributed by atoms with Crippen molar-refractivity contribution < 1.29 is 5.11 Å². The van der Waals surface area contributed by atoms with Crippen molar-refractivity contribution in [2.45, 2.75) is 29.3 Å². The fourth-order valence-corrected chi connectivity index (χ4v) is 2.59. The van der Waals surface area contributed by atoms with E-state index in [0.29, 0.717) is 0 Å². The van der Waals surface area contributed by atoms with Crippen LogP contribution in [-0.4, -0.2) is 8.71 Å². The van der Waals surface area contributed by atoms with Crippen LogP contribution in [0.25, 0.3) is 0 Å². The van der Waals surface area contributed by atoms with Gasteiger partial charge in [0, 0.05) is 22.6 Å². The standard InChI is InChI=1S/C8H10I2O/c9-6-4-7-3-1-2-5-8(7,10)11/h7,11H,1-3,5H2. The van der Waals surface area contributed by atoms with E-state index >= 15 is 0 Å². The van der Waals surface area contributed by atoms with E-state index in [9.17, 15) is 5.11 Å². The molecule has 62 valence electrons.